The molecule has 1 aliphatic carbocycles. The van der Waals surface area contributed by atoms with Crippen molar-refractivity contribution in [3.8, 4) is 0 Å². The Bertz CT molecular complexity index is 779. The van der Waals surface area contributed by atoms with Crippen molar-refractivity contribution in [2.75, 3.05) is 6.54 Å². The Morgan fingerprint density at radius 2 is 1.88 bits per heavy atom. The first-order chi connectivity index (χ1) is 12.6. The van der Waals surface area contributed by atoms with E-state index in [2.05, 4.69) is 4.98 Å². The molecule has 1 amide bonds. The van der Waals surface area contributed by atoms with Crippen molar-refractivity contribution in [2.24, 2.45) is 11.7 Å². The fourth-order valence-corrected chi connectivity index (χ4v) is 5.26. The molecule has 0 bridgehead atoms. The lowest BCUT2D eigenvalue weighted by Crippen LogP contribution is -2.51. The Morgan fingerprint density at radius 3 is 2.65 bits per heavy atom. The fraction of sp³-hybridized carbons (Fsp3) is 0.550. The van der Waals surface area contributed by atoms with E-state index in [1.54, 1.807) is 4.90 Å². The maximum atomic E-state index is 13.0. The Morgan fingerprint density at radius 1 is 1.12 bits per heavy atom. The van der Waals surface area contributed by atoms with Crippen molar-refractivity contribution in [3.63, 3.8) is 0 Å². The molecule has 2 N–H and O–H groups in total. The molecular formula is C20H25N3O2S. The molecular weight excluding hydrogens is 346 g/mol. The van der Waals surface area contributed by atoms with E-state index in [0.717, 1.165) is 42.3 Å². The number of carbonyl (C=O) groups excluding carboxylic acids is 2. The van der Waals surface area contributed by atoms with E-state index in [0.29, 0.717) is 18.0 Å². The number of amides is 1. The van der Waals surface area contributed by atoms with Gasteiger partial charge in [0, 0.05) is 6.54 Å². The molecule has 1 aromatic carbocycles. The van der Waals surface area contributed by atoms with Crippen molar-refractivity contribution in [2.45, 2.75) is 57.0 Å². The van der Waals surface area contributed by atoms with Gasteiger partial charge in [-0.3, -0.25) is 9.59 Å². The summed E-state index contributed by atoms with van der Waals surface area (Å²) in [4.78, 5) is 32.3. The Balaban J connectivity index is 1.51. The third-order valence-electron chi connectivity index (χ3n) is 5.79. The summed E-state index contributed by atoms with van der Waals surface area (Å²) in [6.45, 7) is 0.626. The zero-order valence-electron chi connectivity index (χ0n) is 14.9. The van der Waals surface area contributed by atoms with Gasteiger partial charge in [-0.15, -0.1) is 11.3 Å². The molecule has 4 rings (SSSR count). The van der Waals surface area contributed by atoms with Crippen molar-refractivity contribution < 1.29 is 9.59 Å². The lowest BCUT2D eigenvalue weighted by molar-refractivity contribution is -0.134. The number of likely N-dealkylation sites (tertiary alicyclic amines) is 1. The molecule has 2 aromatic rings. The summed E-state index contributed by atoms with van der Waals surface area (Å²) in [6, 6.07) is 6.88. The Labute approximate surface area is 157 Å². The van der Waals surface area contributed by atoms with E-state index >= 15 is 0 Å². The highest BCUT2D eigenvalue weighted by Crippen LogP contribution is 2.30. The van der Waals surface area contributed by atoms with Gasteiger partial charge in [0.1, 0.15) is 0 Å². The topological polar surface area (TPSA) is 76.3 Å². The van der Waals surface area contributed by atoms with Crippen molar-refractivity contribution in [3.05, 3.63) is 29.3 Å². The van der Waals surface area contributed by atoms with Gasteiger partial charge < -0.3 is 10.6 Å². The van der Waals surface area contributed by atoms with Crippen molar-refractivity contribution in [1.29, 1.82) is 0 Å². The molecule has 138 valence electrons. The normalized spacial score (nSPS) is 22.7. The van der Waals surface area contributed by atoms with Crippen LogP contribution in [0.2, 0.25) is 0 Å². The van der Waals surface area contributed by atoms with E-state index in [4.69, 9.17) is 5.73 Å². The molecule has 1 aliphatic heterocycles. The van der Waals surface area contributed by atoms with Gasteiger partial charge in [0.05, 0.1) is 22.3 Å². The Kier molecular flexibility index (Phi) is 5.05. The molecule has 1 saturated heterocycles. The highest BCUT2D eigenvalue weighted by Gasteiger charge is 2.39. The average molecular weight is 372 g/mol. The second kappa shape index (κ2) is 7.45. The van der Waals surface area contributed by atoms with Crippen LogP contribution in [0.4, 0.5) is 0 Å². The van der Waals surface area contributed by atoms with Crippen LogP contribution >= 0.6 is 11.3 Å². The maximum Gasteiger partial charge on any atom is 0.240 e. The molecule has 1 saturated carbocycles. The number of thiazole rings is 1. The molecule has 2 atom stereocenters. The van der Waals surface area contributed by atoms with E-state index in [1.165, 1.54) is 17.8 Å². The summed E-state index contributed by atoms with van der Waals surface area (Å²) in [5.74, 6) is 0.178. The highest BCUT2D eigenvalue weighted by molar-refractivity contribution is 7.20. The number of hydrogen-bond donors (Lipinski definition) is 1. The van der Waals surface area contributed by atoms with Gasteiger partial charge in [0.25, 0.3) is 0 Å². The molecule has 26 heavy (non-hydrogen) atoms. The second-order valence-corrected chi connectivity index (χ2v) is 8.50. The van der Waals surface area contributed by atoms with Crippen LogP contribution in [-0.4, -0.2) is 40.2 Å². The lowest BCUT2D eigenvalue weighted by atomic mass is 9.83. The largest absolute Gasteiger partial charge is 0.331 e. The quantitative estimate of drug-likeness (QED) is 0.836. The summed E-state index contributed by atoms with van der Waals surface area (Å²) in [5.41, 5.74) is 7.16. The zero-order chi connectivity index (χ0) is 18.1. The van der Waals surface area contributed by atoms with Crippen molar-refractivity contribution in [1.82, 2.24) is 9.88 Å². The third-order valence-corrected chi connectivity index (χ3v) is 6.84. The summed E-state index contributed by atoms with van der Waals surface area (Å²) < 4.78 is 1.01. The number of para-hydroxylation sites is 1. The molecule has 1 aromatic heterocycles. The van der Waals surface area contributed by atoms with Crippen LogP contribution in [0.5, 0.6) is 0 Å². The van der Waals surface area contributed by atoms with Gasteiger partial charge in [-0.1, -0.05) is 31.4 Å². The third kappa shape index (κ3) is 3.28. The first-order valence-electron chi connectivity index (χ1n) is 9.61. The van der Waals surface area contributed by atoms with E-state index in [9.17, 15) is 9.59 Å². The molecule has 5 nitrogen and oxygen atoms in total. The van der Waals surface area contributed by atoms with Gasteiger partial charge in [-0.2, -0.15) is 0 Å². The van der Waals surface area contributed by atoms with Crippen LogP contribution in [0, 0.1) is 5.92 Å². The number of rotatable bonds is 4. The summed E-state index contributed by atoms with van der Waals surface area (Å²) >= 11 is 1.41. The van der Waals surface area contributed by atoms with Crippen LogP contribution in [0.3, 0.4) is 0 Å². The number of benzene rings is 1. The Hall–Kier alpha value is -1.79. The first-order valence-corrected chi connectivity index (χ1v) is 10.4. The van der Waals surface area contributed by atoms with Crippen LogP contribution in [0.15, 0.2) is 24.3 Å². The number of ketones is 1. The standard InChI is InChI=1S/C20H25N3O2S/c21-17(13-7-2-1-3-8-13)20(25)23-12-6-10-15(23)18(24)19-22-14-9-4-5-11-16(14)26-19/h4-5,9,11,13,15,17H,1-3,6-8,10,12,21H2/t15-,17+/m0/s1. The van der Waals surface area contributed by atoms with Gasteiger partial charge in [0.2, 0.25) is 11.7 Å². The first kappa shape index (κ1) is 17.6. The second-order valence-electron chi connectivity index (χ2n) is 7.46. The smallest absolute Gasteiger partial charge is 0.240 e. The predicted molar refractivity (Wildman–Crippen MR) is 103 cm³/mol. The van der Waals surface area contributed by atoms with Gasteiger partial charge >= 0.3 is 0 Å². The minimum atomic E-state index is -0.473. The number of fused-ring (bicyclic) bond motifs is 1. The van der Waals surface area contributed by atoms with E-state index in [1.807, 2.05) is 24.3 Å². The SMILES string of the molecule is N[C@@H](C(=O)N1CCC[C@H]1C(=O)c1nc2ccccc2s1)C1CCCCC1. The molecule has 2 aliphatic rings. The number of nitrogens with two attached hydrogens (primary N) is 1. The van der Waals surface area contributed by atoms with Crippen molar-refractivity contribution >= 4 is 33.2 Å². The maximum absolute atomic E-state index is 13.0. The lowest BCUT2D eigenvalue weighted by Gasteiger charge is -2.31. The zero-order valence-corrected chi connectivity index (χ0v) is 15.7. The van der Waals surface area contributed by atoms with Gasteiger partial charge in [-0.05, 0) is 43.7 Å². The minimum absolute atomic E-state index is 0.0344. The number of aromatic nitrogens is 1. The van der Waals surface area contributed by atoms with Crippen LogP contribution < -0.4 is 5.73 Å². The molecule has 0 unspecified atom stereocenters. The predicted octanol–water partition coefficient (Wildman–Crippen LogP) is 3.38. The molecule has 6 heteroatoms. The highest BCUT2D eigenvalue weighted by atomic mass is 32.1. The summed E-state index contributed by atoms with van der Waals surface area (Å²) in [6.07, 6.45) is 7.15. The van der Waals surface area contributed by atoms with E-state index in [-0.39, 0.29) is 17.6 Å². The number of nitrogens with zero attached hydrogens (tertiary/aromatic N) is 2. The van der Waals surface area contributed by atoms with E-state index < -0.39 is 12.1 Å². The number of Topliss-reactive ketones (excluding diaryl/α,β-unsaturated/α-hetero) is 1. The fourth-order valence-electron chi connectivity index (χ4n) is 4.31. The van der Waals surface area contributed by atoms with Gasteiger partial charge in [0.15, 0.2) is 5.01 Å². The number of hydrogen-bond acceptors (Lipinski definition) is 5. The molecule has 2 heterocycles. The summed E-state index contributed by atoms with van der Waals surface area (Å²) in [5, 5.41) is 0.502. The monoisotopic (exact) mass is 371 g/mol. The van der Waals surface area contributed by atoms with Crippen LogP contribution in [0.1, 0.15) is 54.7 Å². The molecule has 0 spiro atoms. The molecule has 0 radical (unpaired) electrons. The molecule has 2 fully saturated rings. The minimum Gasteiger partial charge on any atom is -0.331 e. The van der Waals surface area contributed by atoms with Crippen LogP contribution in [0.25, 0.3) is 10.2 Å². The van der Waals surface area contributed by atoms with Crippen LogP contribution in [-0.2, 0) is 4.79 Å². The summed E-state index contributed by atoms with van der Waals surface area (Å²) in [7, 11) is 0. The average Bonchev–Trinajstić information content (AvgIpc) is 3.34. The van der Waals surface area contributed by atoms with Gasteiger partial charge in [-0.25, -0.2) is 4.98 Å². The number of carbonyl (C=O) groups is 2.